The summed E-state index contributed by atoms with van der Waals surface area (Å²) in [6, 6.07) is 6.80. The fraction of sp³-hybridized carbons (Fsp3) is 0.667. The first kappa shape index (κ1) is 18.0. The minimum absolute atomic E-state index is 0.724. The topological polar surface area (TPSA) is 32.5 Å². The molecule has 0 bridgehead atoms. The lowest BCUT2D eigenvalue weighted by Gasteiger charge is -2.26. The Balaban J connectivity index is 2.61. The molecular formula is C18H33N3. The number of hydrogen-bond acceptors (Lipinski definition) is 3. The second-order valence-electron chi connectivity index (χ2n) is 5.61. The Hall–Kier alpha value is -1.06. The normalized spacial score (nSPS) is 11.1. The van der Waals surface area contributed by atoms with Crippen LogP contribution in [0, 0.1) is 6.92 Å². The van der Waals surface area contributed by atoms with Gasteiger partial charge in [0.25, 0.3) is 0 Å². The number of benzene rings is 1. The average molecular weight is 291 g/mol. The predicted molar refractivity (Wildman–Crippen MR) is 94.2 cm³/mol. The van der Waals surface area contributed by atoms with E-state index >= 15 is 0 Å². The third-order valence-electron chi connectivity index (χ3n) is 4.28. The summed E-state index contributed by atoms with van der Waals surface area (Å²) in [5.74, 6) is 0. The van der Waals surface area contributed by atoms with E-state index in [1.165, 1.54) is 29.8 Å². The van der Waals surface area contributed by atoms with Gasteiger partial charge in [-0.15, -0.1) is 0 Å². The Kier molecular flexibility index (Phi) is 8.40. The molecule has 3 heteroatoms. The maximum atomic E-state index is 5.66. The van der Waals surface area contributed by atoms with Crippen LogP contribution in [0.3, 0.4) is 0 Å². The van der Waals surface area contributed by atoms with Crippen molar-refractivity contribution in [2.75, 3.05) is 44.2 Å². The van der Waals surface area contributed by atoms with Crippen molar-refractivity contribution in [3.63, 3.8) is 0 Å². The highest BCUT2D eigenvalue weighted by Gasteiger charge is 2.07. The first-order valence-corrected chi connectivity index (χ1v) is 8.43. The van der Waals surface area contributed by atoms with E-state index in [0.29, 0.717) is 0 Å². The van der Waals surface area contributed by atoms with Gasteiger partial charge in [-0.2, -0.15) is 0 Å². The summed E-state index contributed by atoms with van der Waals surface area (Å²) in [5, 5.41) is 0. The van der Waals surface area contributed by atoms with Crippen LogP contribution in [0.4, 0.5) is 5.69 Å². The second kappa shape index (κ2) is 9.80. The molecule has 0 aliphatic carbocycles. The zero-order valence-electron chi connectivity index (χ0n) is 14.4. The van der Waals surface area contributed by atoms with Crippen molar-refractivity contribution in [3.8, 4) is 0 Å². The van der Waals surface area contributed by atoms with Crippen LogP contribution in [0.2, 0.25) is 0 Å². The fourth-order valence-corrected chi connectivity index (χ4v) is 2.81. The lowest BCUT2D eigenvalue weighted by molar-refractivity contribution is 0.301. The molecule has 0 spiro atoms. The van der Waals surface area contributed by atoms with E-state index in [1.54, 1.807) is 0 Å². The Bertz CT molecular complexity index is 399. The van der Waals surface area contributed by atoms with Gasteiger partial charge >= 0.3 is 0 Å². The quantitative estimate of drug-likeness (QED) is 0.719. The number of nitrogens with zero attached hydrogens (tertiary/aromatic N) is 2. The molecule has 21 heavy (non-hydrogen) atoms. The van der Waals surface area contributed by atoms with Crippen LogP contribution in [-0.2, 0) is 6.42 Å². The van der Waals surface area contributed by atoms with E-state index in [2.05, 4.69) is 55.7 Å². The number of nitrogens with two attached hydrogens (primary N) is 1. The molecule has 0 aromatic heterocycles. The fourth-order valence-electron chi connectivity index (χ4n) is 2.81. The molecule has 1 rings (SSSR count). The summed E-state index contributed by atoms with van der Waals surface area (Å²) in [5.41, 5.74) is 9.74. The molecule has 0 radical (unpaired) electrons. The Morgan fingerprint density at radius 1 is 1.00 bits per heavy atom. The first-order valence-electron chi connectivity index (χ1n) is 8.43. The standard InChI is InChI=1S/C18H33N3/c1-5-20(6-2)13-8-14-21(7-3)18-10-9-17(11-12-19)16(4)15-18/h9-10,15H,5-8,11-14,19H2,1-4H3. The molecule has 0 aliphatic heterocycles. The van der Waals surface area contributed by atoms with E-state index in [4.69, 9.17) is 5.73 Å². The Morgan fingerprint density at radius 3 is 2.24 bits per heavy atom. The predicted octanol–water partition coefficient (Wildman–Crippen LogP) is 3.05. The van der Waals surface area contributed by atoms with Crippen LogP contribution in [-0.4, -0.2) is 44.2 Å². The van der Waals surface area contributed by atoms with E-state index in [1.807, 2.05) is 0 Å². The smallest absolute Gasteiger partial charge is 0.0368 e. The molecular weight excluding hydrogens is 258 g/mol. The summed E-state index contributed by atoms with van der Waals surface area (Å²) in [7, 11) is 0. The largest absolute Gasteiger partial charge is 0.372 e. The number of rotatable bonds is 10. The highest BCUT2D eigenvalue weighted by molar-refractivity contribution is 5.50. The number of aryl methyl sites for hydroxylation is 1. The summed E-state index contributed by atoms with van der Waals surface area (Å²) >= 11 is 0. The van der Waals surface area contributed by atoms with Gasteiger partial charge < -0.3 is 15.5 Å². The molecule has 120 valence electrons. The van der Waals surface area contributed by atoms with Gasteiger partial charge in [0.1, 0.15) is 0 Å². The lowest BCUT2D eigenvalue weighted by atomic mass is 10.0. The third kappa shape index (κ3) is 5.68. The molecule has 1 aromatic carbocycles. The monoisotopic (exact) mass is 291 g/mol. The van der Waals surface area contributed by atoms with Gasteiger partial charge in [0.2, 0.25) is 0 Å². The van der Waals surface area contributed by atoms with Gasteiger partial charge in [-0.05, 0) is 76.1 Å². The highest BCUT2D eigenvalue weighted by Crippen LogP contribution is 2.19. The van der Waals surface area contributed by atoms with Crippen LogP contribution in [0.25, 0.3) is 0 Å². The summed E-state index contributed by atoms with van der Waals surface area (Å²) in [6.45, 7) is 15.3. The van der Waals surface area contributed by atoms with E-state index in [0.717, 1.165) is 39.1 Å². The van der Waals surface area contributed by atoms with E-state index < -0.39 is 0 Å². The first-order chi connectivity index (χ1) is 10.2. The van der Waals surface area contributed by atoms with Gasteiger partial charge in [0, 0.05) is 18.8 Å². The van der Waals surface area contributed by atoms with Gasteiger partial charge in [-0.25, -0.2) is 0 Å². The van der Waals surface area contributed by atoms with Crippen molar-refractivity contribution in [3.05, 3.63) is 29.3 Å². The summed E-state index contributed by atoms with van der Waals surface area (Å²) in [6.07, 6.45) is 2.19. The molecule has 0 aliphatic rings. The molecule has 1 aromatic rings. The maximum absolute atomic E-state index is 5.66. The van der Waals surface area contributed by atoms with Crippen LogP contribution < -0.4 is 10.6 Å². The summed E-state index contributed by atoms with van der Waals surface area (Å²) in [4.78, 5) is 4.96. The van der Waals surface area contributed by atoms with Crippen molar-refractivity contribution in [1.82, 2.24) is 4.90 Å². The molecule has 0 fully saturated rings. The molecule has 0 saturated carbocycles. The summed E-state index contributed by atoms with van der Waals surface area (Å²) < 4.78 is 0. The lowest BCUT2D eigenvalue weighted by Crippen LogP contribution is -2.30. The van der Waals surface area contributed by atoms with E-state index in [9.17, 15) is 0 Å². The van der Waals surface area contributed by atoms with Crippen molar-refractivity contribution in [1.29, 1.82) is 0 Å². The highest BCUT2D eigenvalue weighted by atomic mass is 15.1. The zero-order valence-corrected chi connectivity index (χ0v) is 14.4. The van der Waals surface area contributed by atoms with Crippen molar-refractivity contribution in [2.24, 2.45) is 5.73 Å². The van der Waals surface area contributed by atoms with Crippen LogP contribution in [0.1, 0.15) is 38.3 Å². The van der Waals surface area contributed by atoms with Gasteiger partial charge in [0.05, 0.1) is 0 Å². The molecule has 2 N–H and O–H groups in total. The number of anilines is 1. The minimum atomic E-state index is 0.724. The average Bonchev–Trinajstić information content (AvgIpc) is 2.50. The van der Waals surface area contributed by atoms with Crippen molar-refractivity contribution < 1.29 is 0 Å². The van der Waals surface area contributed by atoms with Crippen LogP contribution in [0.15, 0.2) is 18.2 Å². The maximum Gasteiger partial charge on any atom is 0.0368 e. The number of hydrogen-bond donors (Lipinski definition) is 1. The zero-order chi connectivity index (χ0) is 15.7. The van der Waals surface area contributed by atoms with Crippen LogP contribution >= 0.6 is 0 Å². The molecule has 0 unspecified atom stereocenters. The Morgan fingerprint density at radius 2 is 1.71 bits per heavy atom. The van der Waals surface area contributed by atoms with Crippen LogP contribution in [0.5, 0.6) is 0 Å². The van der Waals surface area contributed by atoms with E-state index in [-0.39, 0.29) is 0 Å². The van der Waals surface area contributed by atoms with Gasteiger partial charge in [-0.3, -0.25) is 0 Å². The molecule has 0 amide bonds. The second-order valence-corrected chi connectivity index (χ2v) is 5.61. The SMILES string of the molecule is CCN(CC)CCCN(CC)c1ccc(CCN)c(C)c1. The molecule has 3 nitrogen and oxygen atoms in total. The molecule has 0 atom stereocenters. The van der Waals surface area contributed by atoms with Crippen molar-refractivity contribution >= 4 is 5.69 Å². The molecule has 0 heterocycles. The van der Waals surface area contributed by atoms with Crippen molar-refractivity contribution in [2.45, 2.75) is 40.5 Å². The van der Waals surface area contributed by atoms with Gasteiger partial charge in [0.15, 0.2) is 0 Å². The minimum Gasteiger partial charge on any atom is -0.372 e. The molecule has 0 saturated heterocycles. The Labute approximate surface area is 131 Å². The van der Waals surface area contributed by atoms with Gasteiger partial charge in [-0.1, -0.05) is 19.9 Å². The third-order valence-corrected chi connectivity index (χ3v) is 4.28.